The van der Waals surface area contributed by atoms with Crippen LogP contribution in [0.3, 0.4) is 0 Å². The Bertz CT molecular complexity index is 997. The average Bonchev–Trinajstić information content (AvgIpc) is 2.95. The van der Waals surface area contributed by atoms with Gasteiger partial charge in [0.15, 0.2) is 5.83 Å². The standard InChI is InChI=1S/C24H28Cl2F2O5/c1-5-17(30)33-24(20(31)32)11(2)8-12-13-9-14(27)18-19(28)15(29)6-7-21(18,3)23(13,26)16(25)10-22(12,24)4/h6-7,11-14,16H,5,8-10H2,1-4H3,(H,31,32)/t11-,12+,13+,14+,16+,21+,22+,23+,24+/m1/s1. The van der Waals surface area contributed by atoms with Gasteiger partial charge in [-0.2, -0.15) is 0 Å². The van der Waals surface area contributed by atoms with Crippen molar-refractivity contribution in [3.8, 4) is 0 Å². The zero-order valence-corrected chi connectivity index (χ0v) is 20.5. The second kappa shape index (κ2) is 7.51. The molecule has 4 rings (SSSR count). The van der Waals surface area contributed by atoms with Crippen molar-refractivity contribution in [3.05, 3.63) is 23.6 Å². The lowest BCUT2D eigenvalue weighted by atomic mass is 9.46. The number of carboxylic acids is 1. The molecule has 0 radical (unpaired) electrons. The van der Waals surface area contributed by atoms with Crippen LogP contribution in [0.2, 0.25) is 0 Å². The number of hydrogen-bond acceptors (Lipinski definition) is 4. The summed E-state index contributed by atoms with van der Waals surface area (Å²) in [6.07, 6.45) is 0.934. The molecule has 0 aromatic carbocycles. The number of alkyl halides is 3. The number of fused-ring (bicyclic) bond motifs is 5. The fraction of sp³-hybridized carbons (Fsp3) is 0.708. The van der Waals surface area contributed by atoms with Gasteiger partial charge < -0.3 is 9.84 Å². The Hall–Kier alpha value is -1.47. The Morgan fingerprint density at radius 3 is 2.48 bits per heavy atom. The minimum atomic E-state index is -1.84. The van der Waals surface area contributed by atoms with E-state index in [1.807, 2.05) is 0 Å². The number of aliphatic carboxylic acids is 1. The summed E-state index contributed by atoms with van der Waals surface area (Å²) in [5.74, 6) is -5.61. The predicted molar refractivity (Wildman–Crippen MR) is 118 cm³/mol. The van der Waals surface area contributed by atoms with E-state index in [-0.39, 0.29) is 24.8 Å². The van der Waals surface area contributed by atoms with Crippen LogP contribution in [0.4, 0.5) is 8.78 Å². The molecule has 5 nitrogen and oxygen atoms in total. The number of allylic oxidation sites excluding steroid dienone is 4. The number of carbonyl (C=O) groups is 3. The molecule has 0 aromatic heterocycles. The van der Waals surface area contributed by atoms with Crippen molar-refractivity contribution >= 4 is 40.9 Å². The molecule has 0 spiro atoms. The molecule has 9 atom stereocenters. The topological polar surface area (TPSA) is 80.7 Å². The Balaban J connectivity index is 1.89. The smallest absolute Gasteiger partial charge is 0.349 e. The van der Waals surface area contributed by atoms with Gasteiger partial charge >= 0.3 is 11.9 Å². The van der Waals surface area contributed by atoms with E-state index in [2.05, 4.69) is 0 Å². The van der Waals surface area contributed by atoms with E-state index in [0.29, 0.717) is 6.42 Å². The number of ketones is 1. The lowest BCUT2D eigenvalue weighted by Crippen LogP contribution is -2.69. The first-order valence-corrected chi connectivity index (χ1v) is 12.1. The van der Waals surface area contributed by atoms with Gasteiger partial charge in [-0.25, -0.2) is 13.6 Å². The van der Waals surface area contributed by atoms with Gasteiger partial charge in [-0.3, -0.25) is 9.59 Å². The van der Waals surface area contributed by atoms with Gasteiger partial charge in [0, 0.05) is 28.7 Å². The van der Waals surface area contributed by atoms with Crippen molar-refractivity contribution in [2.75, 3.05) is 0 Å². The monoisotopic (exact) mass is 504 g/mol. The summed E-state index contributed by atoms with van der Waals surface area (Å²) < 4.78 is 36.1. The molecule has 33 heavy (non-hydrogen) atoms. The highest BCUT2D eigenvalue weighted by atomic mass is 35.5. The van der Waals surface area contributed by atoms with Crippen LogP contribution in [0.5, 0.6) is 0 Å². The molecule has 4 aliphatic carbocycles. The zero-order valence-electron chi connectivity index (χ0n) is 19.0. The second-order valence-corrected chi connectivity index (χ2v) is 11.6. The number of ether oxygens (including phenoxy) is 1. The van der Waals surface area contributed by atoms with Crippen molar-refractivity contribution in [1.82, 2.24) is 0 Å². The molecule has 0 amide bonds. The van der Waals surface area contributed by atoms with E-state index in [1.54, 1.807) is 27.7 Å². The molecule has 0 aromatic rings. The van der Waals surface area contributed by atoms with Crippen LogP contribution in [-0.4, -0.2) is 44.9 Å². The van der Waals surface area contributed by atoms with Crippen LogP contribution in [0.1, 0.15) is 53.4 Å². The van der Waals surface area contributed by atoms with Gasteiger partial charge in [-0.1, -0.05) is 33.8 Å². The Morgan fingerprint density at radius 2 is 1.91 bits per heavy atom. The third kappa shape index (κ3) is 2.78. The lowest BCUT2D eigenvalue weighted by Gasteiger charge is -2.64. The van der Waals surface area contributed by atoms with Gasteiger partial charge in [-0.15, -0.1) is 23.2 Å². The first kappa shape index (κ1) is 24.6. The molecule has 1 N–H and O–H groups in total. The highest BCUT2D eigenvalue weighted by Crippen LogP contribution is 2.73. The van der Waals surface area contributed by atoms with Crippen molar-refractivity contribution < 1.29 is 33.0 Å². The summed E-state index contributed by atoms with van der Waals surface area (Å²) in [5.41, 5.74) is -4.63. The Kier molecular flexibility index (Phi) is 5.61. The summed E-state index contributed by atoms with van der Waals surface area (Å²) in [4.78, 5) is 35.6. The third-order valence-corrected chi connectivity index (χ3v) is 10.6. The van der Waals surface area contributed by atoms with E-state index in [4.69, 9.17) is 27.9 Å². The van der Waals surface area contributed by atoms with Gasteiger partial charge in [-0.05, 0) is 37.2 Å². The van der Waals surface area contributed by atoms with Crippen molar-refractivity contribution in [2.45, 2.75) is 75.4 Å². The second-order valence-electron chi connectivity index (χ2n) is 10.4. The van der Waals surface area contributed by atoms with E-state index in [0.717, 1.165) is 6.08 Å². The maximum Gasteiger partial charge on any atom is 0.349 e. The number of carboxylic acid groups (broad SMARTS) is 1. The maximum absolute atomic E-state index is 15.6. The molecule has 182 valence electrons. The molecule has 3 fully saturated rings. The van der Waals surface area contributed by atoms with Crippen molar-refractivity contribution in [1.29, 1.82) is 0 Å². The molecule has 4 aliphatic rings. The fourth-order valence-corrected chi connectivity index (χ4v) is 8.71. The Morgan fingerprint density at radius 1 is 1.27 bits per heavy atom. The highest BCUT2D eigenvalue weighted by Gasteiger charge is 2.77. The lowest BCUT2D eigenvalue weighted by molar-refractivity contribution is -0.206. The largest absolute Gasteiger partial charge is 0.478 e. The number of hydrogen-bond donors (Lipinski definition) is 1. The van der Waals surface area contributed by atoms with Gasteiger partial charge in [0.1, 0.15) is 6.17 Å². The van der Waals surface area contributed by atoms with Crippen LogP contribution in [0.25, 0.3) is 0 Å². The quantitative estimate of drug-likeness (QED) is 0.425. The molecule has 0 unspecified atom stereocenters. The number of halogens is 4. The van der Waals surface area contributed by atoms with Crippen molar-refractivity contribution in [2.24, 2.45) is 28.6 Å². The molecule has 9 heteroatoms. The SMILES string of the molecule is CCC(=O)O[C@]1(C(=O)O)[C@H](C)C[C@H]2[C@@H]3C[C@H](F)C4=C(F)C(=O)C=C[C@]4(C)[C@@]3(Cl)[C@@H](Cl)C[C@@]21C. The third-order valence-electron chi connectivity index (χ3n) is 9.08. The summed E-state index contributed by atoms with van der Waals surface area (Å²) in [6.45, 7) is 6.61. The zero-order chi connectivity index (χ0) is 24.7. The Labute approximate surface area is 201 Å². The molecule has 0 heterocycles. The first-order valence-electron chi connectivity index (χ1n) is 11.3. The molecule has 0 bridgehead atoms. The molecule has 3 saturated carbocycles. The summed E-state index contributed by atoms with van der Waals surface area (Å²) in [5, 5.41) is 9.44. The number of esters is 1. The van der Waals surface area contributed by atoms with Crippen LogP contribution in [0.15, 0.2) is 23.6 Å². The first-order chi connectivity index (χ1) is 15.2. The van der Waals surface area contributed by atoms with Crippen LogP contribution in [0, 0.1) is 28.6 Å². The minimum Gasteiger partial charge on any atom is -0.478 e. The molecular formula is C24H28Cl2F2O5. The van der Waals surface area contributed by atoms with Gasteiger partial charge in [0.2, 0.25) is 11.4 Å². The number of rotatable bonds is 3. The predicted octanol–water partition coefficient (Wildman–Crippen LogP) is 5.14. The van der Waals surface area contributed by atoms with Crippen LogP contribution < -0.4 is 0 Å². The highest BCUT2D eigenvalue weighted by molar-refractivity contribution is 6.34. The average molecular weight is 505 g/mol. The van der Waals surface area contributed by atoms with E-state index < -0.39 is 74.2 Å². The van der Waals surface area contributed by atoms with Gasteiger partial charge in [0.05, 0.1) is 10.3 Å². The molecular weight excluding hydrogens is 477 g/mol. The van der Waals surface area contributed by atoms with E-state index in [9.17, 15) is 23.9 Å². The van der Waals surface area contributed by atoms with Gasteiger partial charge in [0.25, 0.3) is 0 Å². The fourth-order valence-electron chi connectivity index (χ4n) is 7.52. The maximum atomic E-state index is 15.6. The molecule has 0 saturated heterocycles. The number of carbonyl (C=O) groups excluding carboxylic acids is 2. The normalized spacial score (nSPS) is 48.7. The van der Waals surface area contributed by atoms with Crippen LogP contribution in [-0.2, 0) is 19.1 Å². The summed E-state index contributed by atoms with van der Waals surface area (Å²) >= 11 is 14.2. The van der Waals surface area contributed by atoms with Crippen molar-refractivity contribution in [3.63, 3.8) is 0 Å². The van der Waals surface area contributed by atoms with E-state index in [1.165, 1.54) is 6.08 Å². The van der Waals surface area contributed by atoms with Crippen LogP contribution >= 0.6 is 23.2 Å². The minimum absolute atomic E-state index is 0.00650. The van der Waals surface area contributed by atoms with E-state index >= 15 is 4.39 Å². The molecule has 0 aliphatic heterocycles. The summed E-state index contributed by atoms with van der Waals surface area (Å²) in [7, 11) is 0. The summed E-state index contributed by atoms with van der Waals surface area (Å²) in [6, 6.07) is 0.